The number of rotatable bonds is 1. The molecule has 0 spiro atoms. The minimum Gasteiger partial charge on any atom is -0.444 e. The minimum absolute atomic E-state index is 0.121. The minimum atomic E-state index is -3.98. The maximum Gasteiger partial charge on any atom is 0.414 e. The Morgan fingerprint density at radius 3 is 2.71 bits per heavy atom. The number of guanidine groups is 1. The van der Waals surface area contributed by atoms with Crippen molar-refractivity contribution in [3.05, 3.63) is 35.6 Å². The van der Waals surface area contributed by atoms with Crippen molar-refractivity contribution in [2.75, 3.05) is 20.3 Å². The summed E-state index contributed by atoms with van der Waals surface area (Å²) in [6.07, 6.45) is -0.687. The number of nitrogens with one attached hydrogen (secondary N) is 1. The van der Waals surface area contributed by atoms with Crippen LogP contribution in [0, 0.1) is 5.82 Å². The number of hydrogen-bond acceptors (Lipinski definition) is 6. The van der Waals surface area contributed by atoms with Crippen molar-refractivity contribution in [1.29, 1.82) is 0 Å². The maximum absolute atomic E-state index is 14.7. The number of fused-ring (bicyclic) bond motifs is 1. The molecule has 0 bridgehead atoms. The third-order valence-electron chi connectivity index (χ3n) is 4.73. The van der Waals surface area contributed by atoms with Crippen LogP contribution in [-0.4, -0.2) is 55.9 Å². The molecule has 154 valence electrons. The van der Waals surface area contributed by atoms with Gasteiger partial charge in [0.25, 0.3) is 0 Å². The molecule has 2 atom stereocenters. The molecule has 2 aliphatic heterocycles. The van der Waals surface area contributed by atoms with E-state index in [4.69, 9.17) is 9.47 Å². The van der Waals surface area contributed by atoms with Crippen LogP contribution in [0.1, 0.15) is 32.8 Å². The smallest absolute Gasteiger partial charge is 0.414 e. The normalized spacial score (nSPS) is 26.8. The first-order chi connectivity index (χ1) is 13.0. The van der Waals surface area contributed by atoms with Gasteiger partial charge in [0, 0.05) is 25.6 Å². The summed E-state index contributed by atoms with van der Waals surface area (Å²) < 4.78 is 52.5. The Morgan fingerprint density at radius 2 is 2.07 bits per heavy atom. The highest BCUT2D eigenvalue weighted by molar-refractivity contribution is 7.90. The Balaban J connectivity index is 2.12. The van der Waals surface area contributed by atoms with Crippen molar-refractivity contribution < 1.29 is 27.1 Å². The van der Waals surface area contributed by atoms with E-state index in [1.54, 1.807) is 26.8 Å². The molecule has 0 radical (unpaired) electrons. The van der Waals surface area contributed by atoms with Crippen molar-refractivity contribution >= 4 is 22.1 Å². The molecule has 1 N–H and O–H groups in total. The van der Waals surface area contributed by atoms with E-state index < -0.39 is 38.3 Å². The Kier molecular flexibility index (Phi) is 5.13. The average molecular weight is 413 g/mol. The van der Waals surface area contributed by atoms with Gasteiger partial charge in [-0.25, -0.2) is 26.9 Å². The lowest BCUT2D eigenvalue weighted by atomic mass is 9.82. The Labute approximate surface area is 163 Å². The van der Waals surface area contributed by atoms with Gasteiger partial charge in [0.1, 0.15) is 22.2 Å². The molecule has 3 rings (SSSR count). The van der Waals surface area contributed by atoms with Gasteiger partial charge >= 0.3 is 6.09 Å². The lowest BCUT2D eigenvalue weighted by molar-refractivity contribution is 0.0502. The number of nitrogens with zero attached hydrogens (tertiary/aromatic N) is 2. The zero-order valence-corrected chi connectivity index (χ0v) is 17.0. The van der Waals surface area contributed by atoms with Crippen LogP contribution in [0.2, 0.25) is 0 Å². The largest absolute Gasteiger partial charge is 0.444 e. The van der Waals surface area contributed by atoms with Crippen LogP contribution in [0.5, 0.6) is 0 Å². The zero-order valence-electron chi connectivity index (χ0n) is 16.2. The molecule has 1 saturated heterocycles. The molecule has 10 heteroatoms. The standard InChI is InChI=1S/C18H24FN3O5S/c1-17(2,3)27-16(23)20-15-21-18(12-7-5-6-8-13(12)19)9-10-26-11-14(18)28(24,25)22(15)4/h5-8,14H,9-11H2,1-4H3,(H,20,21,23). The van der Waals surface area contributed by atoms with Crippen molar-refractivity contribution in [3.8, 4) is 0 Å². The molecule has 8 nitrogen and oxygen atoms in total. The fourth-order valence-corrected chi connectivity index (χ4v) is 5.20. The third-order valence-corrected chi connectivity index (χ3v) is 6.91. The number of halogens is 1. The van der Waals surface area contributed by atoms with Gasteiger partial charge in [-0.3, -0.25) is 5.32 Å². The quantitative estimate of drug-likeness (QED) is 0.759. The summed E-state index contributed by atoms with van der Waals surface area (Å²) in [4.78, 5) is 16.8. The molecule has 2 heterocycles. The number of hydrogen-bond donors (Lipinski definition) is 1. The van der Waals surface area contributed by atoms with Crippen LogP contribution in [0.4, 0.5) is 9.18 Å². The SMILES string of the molecule is CN1C(NC(=O)OC(C)(C)C)=NC2(c3ccccc3F)CCOCC2S1(=O)=O. The first kappa shape index (κ1) is 20.5. The second-order valence-corrected chi connectivity index (χ2v) is 9.94. The van der Waals surface area contributed by atoms with Gasteiger partial charge in [-0.2, -0.15) is 0 Å². The van der Waals surface area contributed by atoms with E-state index in [0.29, 0.717) is 0 Å². The molecule has 2 aliphatic rings. The van der Waals surface area contributed by atoms with E-state index in [-0.39, 0.29) is 31.2 Å². The summed E-state index contributed by atoms with van der Waals surface area (Å²) in [5.74, 6) is -0.773. The summed E-state index contributed by atoms with van der Waals surface area (Å²) in [5, 5.41) is 1.29. The second kappa shape index (κ2) is 7.00. The highest BCUT2D eigenvalue weighted by Crippen LogP contribution is 2.44. The maximum atomic E-state index is 14.7. The van der Waals surface area contributed by atoms with E-state index in [1.807, 2.05) is 0 Å². The van der Waals surface area contributed by atoms with Crippen molar-refractivity contribution in [3.63, 3.8) is 0 Å². The average Bonchev–Trinajstić information content (AvgIpc) is 2.58. The molecule has 1 aromatic carbocycles. The van der Waals surface area contributed by atoms with Gasteiger partial charge in [-0.05, 0) is 26.8 Å². The molecule has 2 unspecified atom stereocenters. The Hall–Kier alpha value is -2.20. The van der Waals surface area contributed by atoms with Crippen LogP contribution in [-0.2, 0) is 25.0 Å². The van der Waals surface area contributed by atoms with Gasteiger partial charge in [0.15, 0.2) is 0 Å². The Bertz CT molecular complexity index is 912. The van der Waals surface area contributed by atoms with Crippen molar-refractivity contribution in [2.45, 2.75) is 43.6 Å². The molecule has 0 aliphatic carbocycles. The van der Waals surface area contributed by atoms with Crippen molar-refractivity contribution in [2.24, 2.45) is 4.99 Å². The lowest BCUT2D eigenvalue weighted by Gasteiger charge is -2.46. The number of sulfonamides is 1. The summed E-state index contributed by atoms with van der Waals surface area (Å²) in [7, 11) is -2.70. The molecule has 1 aromatic rings. The topological polar surface area (TPSA) is 97.3 Å². The summed E-state index contributed by atoms with van der Waals surface area (Å²) >= 11 is 0. The molecular formula is C18H24FN3O5S. The number of aliphatic imine (C=N–C) groups is 1. The number of carbonyl (C=O) groups excluding carboxylic acids is 1. The number of amides is 1. The van der Waals surface area contributed by atoms with Gasteiger partial charge < -0.3 is 9.47 Å². The van der Waals surface area contributed by atoms with Crippen LogP contribution in [0.25, 0.3) is 0 Å². The van der Waals surface area contributed by atoms with E-state index in [2.05, 4.69) is 10.3 Å². The third kappa shape index (κ3) is 3.58. The fraction of sp³-hybridized carbons (Fsp3) is 0.556. The predicted octanol–water partition coefficient (Wildman–Crippen LogP) is 1.97. The van der Waals surface area contributed by atoms with Crippen LogP contribution in [0.15, 0.2) is 29.3 Å². The summed E-state index contributed by atoms with van der Waals surface area (Å²) in [6, 6.07) is 5.93. The van der Waals surface area contributed by atoms with Gasteiger partial charge in [-0.1, -0.05) is 18.2 Å². The lowest BCUT2D eigenvalue weighted by Crippen LogP contribution is -2.62. The van der Waals surface area contributed by atoms with Crippen LogP contribution >= 0.6 is 0 Å². The molecule has 0 aromatic heterocycles. The van der Waals surface area contributed by atoms with Crippen LogP contribution in [0.3, 0.4) is 0 Å². The number of carbonyl (C=O) groups is 1. The van der Waals surface area contributed by atoms with E-state index >= 15 is 0 Å². The van der Waals surface area contributed by atoms with E-state index in [9.17, 15) is 17.6 Å². The Morgan fingerprint density at radius 1 is 1.39 bits per heavy atom. The molecule has 1 amide bonds. The molecule has 1 fully saturated rings. The van der Waals surface area contributed by atoms with E-state index in [0.717, 1.165) is 4.31 Å². The van der Waals surface area contributed by atoms with E-state index in [1.165, 1.54) is 25.2 Å². The summed E-state index contributed by atoms with van der Waals surface area (Å²) in [5.41, 5.74) is -2.02. The number of ether oxygens (including phenoxy) is 2. The first-order valence-corrected chi connectivity index (χ1v) is 10.4. The summed E-state index contributed by atoms with van der Waals surface area (Å²) in [6.45, 7) is 5.15. The number of alkyl carbamates (subject to hydrolysis) is 1. The van der Waals surface area contributed by atoms with Crippen LogP contribution < -0.4 is 5.32 Å². The van der Waals surface area contributed by atoms with Gasteiger partial charge in [-0.15, -0.1) is 0 Å². The fourth-order valence-electron chi connectivity index (χ4n) is 3.43. The monoisotopic (exact) mass is 413 g/mol. The first-order valence-electron chi connectivity index (χ1n) is 8.88. The molecule has 28 heavy (non-hydrogen) atoms. The number of benzene rings is 1. The van der Waals surface area contributed by atoms with Crippen molar-refractivity contribution in [1.82, 2.24) is 9.62 Å². The highest BCUT2D eigenvalue weighted by Gasteiger charge is 2.56. The van der Waals surface area contributed by atoms with Gasteiger partial charge in [0.05, 0.1) is 6.61 Å². The predicted molar refractivity (Wildman–Crippen MR) is 101 cm³/mol. The molecule has 0 saturated carbocycles. The van der Waals surface area contributed by atoms with Gasteiger partial charge in [0.2, 0.25) is 16.0 Å². The highest BCUT2D eigenvalue weighted by atomic mass is 32.2. The molecular weight excluding hydrogens is 389 g/mol. The zero-order chi connectivity index (χ0) is 20.7. The second-order valence-electron chi connectivity index (χ2n) is 7.79.